The lowest BCUT2D eigenvalue weighted by molar-refractivity contribution is -0.121. The number of benzene rings is 1. The van der Waals surface area contributed by atoms with Gasteiger partial charge in [-0.1, -0.05) is 24.3 Å². The van der Waals surface area contributed by atoms with Gasteiger partial charge in [-0.05, 0) is 36.1 Å². The van der Waals surface area contributed by atoms with Crippen LogP contribution in [0, 0.1) is 0 Å². The summed E-state index contributed by atoms with van der Waals surface area (Å²) in [7, 11) is 0. The Morgan fingerprint density at radius 1 is 1.19 bits per heavy atom. The average Bonchev–Trinajstić information content (AvgIpc) is 2.83. The van der Waals surface area contributed by atoms with E-state index in [1.165, 1.54) is 11.1 Å². The molecule has 5 heteroatoms. The van der Waals surface area contributed by atoms with Crippen molar-refractivity contribution < 1.29 is 4.79 Å². The van der Waals surface area contributed by atoms with Gasteiger partial charge < -0.3 is 11.1 Å². The molecule has 1 aromatic heterocycles. The molecule has 1 aliphatic carbocycles. The van der Waals surface area contributed by atoms with Crippen molar-refractivity contribution in [1.29, 1.82) is 0 Å². The number of carbonyl (C=O) groups excluding carboxylic acids is 1. The number of nitrogens with zero attached hydrogens (tertiary/aromatic N) is 1. The average molecular weight is 304 g/mol. The highest BCUT2D eigenvalue weighted by molar-refractivity contribution is 5.85. The molecule has 4 nitrogen and oxygen atoms in total. The number of pyridine rings is 1. The Labute approximate surface area is 130 Å². The van der Waals surface area contributed by atoms with E-state index in [1.54, 1.807) is 18.3 Å². The van der Waals surface area contributed by atoms with Gasteiger partial charge in [-0.25, -0.2) is 0 Å². The summed E-state index contributed by atoms with van der Waals surface area (Å²) in [6.07, 6.45) is 3.70. The van der Waals surface area contributed by atoms with Crippen molar-refractivity contribution in [1.82, 2.24) is 10.3 Å². The van der Waals surface area contributed by atoms with Crippen molar-refractivity contribution in [2.45, 2.75) is 25.3 Å². The third-order valence-corrected chi connectivity index (χ3v) is 3.61. The van der Waals surface area contributed by atoms with Crippen LogP contribution >= 0.6 is 12.4 Å². The number of nitrogens with two attached hydrogens (primary N) is 1. The highest BCUT2D eigenvalue weighted by Gasteiger charge is 2.22. The monoisotopic (exact) mass is 303 g/mol. The van der Waals surface area contributed by atoms with E-state index in [1.807, 2.05) is 12.1 Å². The smallest absolute Gasteiger partial charge is 0.226 e. The topological polar surface area (TPSA) is 68.0 Å². The predicted molar refractivity (Wildman–Crippen MR) is 85.4 cm³/mol. The van der Waals surface area contributed by atoms with Crippen molar-refractivity contribution in [3.8, 4) is 0 Å². The van der Waals surface area contributed by atoms with E-state index in [0.29, 0.717) is 12.1 Å². The maximum atomic E-state index is 12.0. The van der Waals surface area contributed by atoms with E-state index in [0.717, 1.165) is 18.5 Å². The van der Waals surface area contributed by atoms with Crippen LogP contribution in [0.3, 0.4) is 0 Å². The first-order valence-electron chi connectivity index (χ1n) is 6.77. The summed E-state index contributed by atoms with van der Waals surface area (Å²) in [5, 5.41) is 3.08. The maximum absolute atomic E-state index is 12.0. The molecule has 2 aromatic rings. The minimum Gasteiger partial charge on any atom is -0.397 e. The summed E-state index contributed by atoms with van der Waals surface area (Å²) in [5.74, 6) is 0.0140. The van der Waals surface area contributed by atoms with Crippen LogP contribution in [0.5, 0.6) is 0 Å². The van der Waals surface area contributed by atoms with Crippen molar-refractivity contribution in [3.05, 3.63) is 59.4 Å². The molecule has 0 atom stereocenters. The number of hydrogen-bond acceptors (Lipinski definition) is 3. The number of carbonyl (C=O) groups is 1. The van der Waals surface area contributed by atoms with E-state index in [4.69, 9.17) is 5.73 Å². The Hall–Kier alpha value is -2.07. The minimum absolute atomic E-state index is 0. The zero-order chi connectivity index (χ0) is 13.9. The molecule has 0 saturated heterocycles. The SMILES string of the molecule is Cl.Nc1ccc(CC(=O)NC2Cc3ccccc3C2)nc1. The molecule has 0 radical (unpaired) electrons. The van der Waals surface area contributed by atoms with E-state index in [9.17, 15) is 4.79 Å². The van der Waals surface area contributed by atoms with Crippen molar-refractivity contribution in [2.24, 2.45) is 0 Å². The summed E-state index contributed by atoms with van der Waals surface area (Å²) in [5.41, 5.74) is 9.60. The summed E-state index contributed by atoms with van der Waals surface area (Å²) < 4.78 is 0. The summed E-state index contributed by atoms with van der Waals surface area (Å²) >= 11 is 0. The van der Waals surface area contributed by atoms with Crippen LogP contribution in [0.15, 0.2) is 42.6 Å². The molecule has 3 N–H and O–H groups in total. The predicted octanol–water partition coefficient (Wildman–Crippen LogP) is 1.91. The number of aromatic nitrogens is 1. The second-order valence-corrected chi connectivity index (χ2v) is 5.20. The first-order valence-corrected chi connectivity index (χ1v) is 6.77. The highest BCUT2D eigenvalue weighted by Crippen LogP contribution is 2.21. The van der Waals surface area contributed by atoms with E-state index >= 15 is 0 Å². The molecule has 0 unspecified atom stereocenters. The quantitative estimate of drug-likeness (QED) is 0.910. The molecular formula is C16H18ClN3O. The lowest BCUT2D eigenvalue weighted by Crippen LogP contribution is -2.36. The van der Waals surface area contributed by atoms with Crippen LogP contribution in [-0.2, 0) is 24.1 Å². The summed E-state index contributed by atoms with van der Waals surface area (Å²) in [6, 6.07) is 12.1. The second-order valence-electron chi connectivity index (χ2n) is 5.20. The third kappa shape index (κ3) is 3.73. The van der Waals surface area contributed by atoms with Gasteiger partial charge in [0.1, 0.15) is 0 Å². The molecule has 1 aliphatic rings. The molecule has 1 aromatic carbocycles. The molecule has 0 aliphatic heterocycles. The van der Waals surface area contributed by atoms with Gasteiger partial charge in [0.25, 0.3) is 0 Å². The molecule has 0 spiro atoms. The van der Waals surface area contributed by atoms with Gasteiger partial charge in [-0.2, -0.15) is 0 Å². The van der Waals surface area contributed by atoms with Gasteiger partial charge in [0.15, 0.2) is 0 Å². The summed E-state index contributed by atoms with van der Waals surface area (Å²) in [6.45, 7) is 0. The molecule has 1 amide bonds. The van der Waals surface area contributed by atoms with Crippen molar-refractivity contribution in [3.63, 3.8) is 0 Å². The van der Waals surface area contributed by atoms with E-state index in [2.05, 4.69) is 22.4 Å². The van der Waals surface area contributed by atoms with E-state index in [-0.39, 0.29) is 24.4 Å². The zero-order valence-electron chi connectivity index (χ0n) is 11.6. The molecule has 3 rings (SSSR count). The number of hydrogen-bond donors (Lipinski definition) is 2. The van der Waals surface area contributed by atoms with Crippen LogP contribution in [0.2, 0.25) is 0 Å². The first-order chi connectivity index (χ1) is 9.70. The number of halogens is 1. The van der Waals surface area contributed by atoms with Crippen LogP contribution in [0.4, 0.5) is 5.69 Å². The van der Waals surface area contributed by atoms with Crippen molar-refractivity contribution in [2.75, 3.05) is 5.73 Å². The number of anilines is 1. The fourth-order valence-electron chi connectivity index (χ4n) is 2.64. The van der Waals surface area contributed by atoms with Gasteiger partial charge in [0, 0.05) is 11.7 Å². The largest absolute Gasteiger partial charge is 0.397 e. The highest BCUT2D eigenvalue weighted by atomic mass is 35.5. The summed E-state index contributed by atoms with van der Waals surface area (Å²) in [4.78, 5) is 16.2. The standard InChI is InChI=1S/C16H17N3O.ClH/c17-13-5-6-14(18-10-13)9-16(20)19-15-7-11-3-1-2-4-12(11)8-15;/h1-6,10,15H,7-9,17H2,(H,19,20);1H. The number of amides is 1. The molecule has 0 bridgehead atoms. The van der Waals surface area contributed by atoms with Crippen LogP contribution in [0.25, 0.3) is 0 Å². The Kier molecular flexibility index (Phi) is 4.81. The second kappa shape index (κ2) is 6.59. The van der Waals surface area contributed by atoms with Gasteiger partial charge in [0.2, 0.25) is 5.91 Å². The van der Waals surface area contributed by atoms with Gasteiger partial charge >= 0.3 is 0 Å². The Morgan fingerprint density at radius 2 is 1.86 bits per heavy atom. The van der Waals surface area contributed by atoms with E-state index < -0.39 is 0 Å². The fourth-order valence-corrected chi connectivity index (χ4v) is 2.64. The van der Waals surface area contributed by atoms with Crippen LogP contribution < -0.4 is 11.1 Å². The normalized spacial score (nSPS) is 13.3. The first kappa shape index (κ1) is 15.3. The van der Waals surface area contributed by atoms with Gasteiger partial charge in [0.05, 0.1) is 18.3 Å². The Bertz CT molecular complexity index is 603. The minimum atomic E-state index is 0. The van der Waals surface area contributed by atoms with Gasteiger partial charge in [-0.15, -0.1) is 12.4 Å². The number of nitrogens with one attached hydrogen (secondary N) is 1. The molecule has 0 saturated carbocycles. The lowest BCUT2D eigenvalue weighted by atomic mass is 10.1. The molecule has 1 heterocycles. The van der Waals surface area contributed by atoms with Crippen LogP contribution in [0.1, 0.15) is 16.8 Å². The molecule has 21 heavy (non-hydrogen) atoms. The zero-order valence-corrected chi connectivity index (χ0v) is 12.4. The Morgan fingerprint density at radius 3 is 2.43 bits per heavy atom. The lowest BCUT2D eigenvalue weighted by Gasteiger charge is -2.11. The molecular weight excluding hydrogens is 286 g/mol. The van der Waals surface area contributed by atoms with Crippen molar-refractivity contribution >= 4 is 24.0 Å². The molecule has 110 valence electrons. The maximum Gasteiger partial charge on any atom is 0.226 e. The molecule has 0 fully saturated rings. The van der Waals surface area contributed by atoms with Crippen LogP contribution in [-0.4, -0.2) is 16.9 Å². The number of nitrogen functional groups attached to an aromatic ring is 1. The fraction of sp³-hybridized carbons (Fsp3) is 0.250. The van der Waals surface area contributed by atoms with Gasteiger partial charge in [-0.3, -0.25) is 9.78 Å². The number of fused-ring (bicyclic) bond motifs is 1. The Balaban J connectivity index is 0.00000161. The third-order valence-electron chi connectivity index (χ3n) is 3.61. The number of rotatable bonds is 3.